The van der Waals surface area contributed by atoms with Gasteiger partial charge in [0.15, 0.2) is 0 Å². The third-order valence-corrected chi connectivity index (χ3v) is 3.62. The Morgan fingerprint density at radius 1 is 1.47 bits per heavy atom. The number of rotatable bonds is 4. The average Bonchev–Trinajstić information content (AvgIpc) is 2.68. The van der Waals surface area contributed by atoms with Crippen molar-refractivity contribution >= 4 is 29.1 Å². The van der Waals surface area contributed by atoms with Crippen molar-refractivity contribution in [3.05, 3.63) is 41.2 Å². The first-order valence-electron chi connectivity index (χ1n) is 5.32. The van der Waals surface area contributed by atoms with Gasteiger partial charge in [0, 0.05) is 27.6 Å². The highest BCUT2D eigenvalue weighted by Crippen LogP contribution is 2.27. The molecule has 1 aromatic carbocycles. The Morgan fingerprint density at radius 3 is 2.94 bits per heavy atom. The minimum atomic E-state index is 0.676. The van der Waals surface area contributed by atoms with Crippen molar-refractivity contribution in [2.45, 2.75) is 18.4 Å². The van der Waals surface area contributed by atoms with Crippen molar-refractivity contribution in [2.75, 3.05) is 11.5 Å². The van der Waals surface area contributed by atoms with Crippen molar-refractivity contribution in [1.29, 1.82) is 0 Å². The molecule has 0 saturated heterocycles. The lowest BCUT2D eigenvalue weighted by atomic mass is 10.3. The van der Waals surface area contributed by atoms with E-state index in [-0.39, 0.29) is 0 Å². The Labute approximate surface area is 110 Å². The predicted octanol–water partition coefficient (Wildman–Crippen LogP) is 3.22. The highest BCUT2D eigenvalue weighted by atomic mass is 35.5. The maximum Gasteiger partial charge on any atom is 0.0518 e. The molecule has 3 nitrogen and oxygen atoms in total. The molecule has 0 saturated carbocycles. The molecule has 1 heterocycles. The number of nitrogens with zero attached hydrogens (tertiary/aromatic N) is 2. The Bertz CT molecular complexity index is 510. The molecule has 0 radical (unpaired) electrons. The van der Waals surface area contributed by atoms with Gasteiger partial charge in [-0.15, -0.1) is 11.8 Å². The number of halogens is 1. The smallest absolute Gasteiger partial charge is 0.0518 e. The maximum absolute atomic E-state index is 5.88. The summed E-state index contributed by atoms with van der Waals surface area (Å²) in [5.41, 5.74) is 7.79. The Hall–Kier alpha value is -1.13. The monoisotopic (exact) mass is 267 g/mol. The maximum atomic E-state index is 5.88. The fraction of sp³-hybridized carbons (Fsp3) is 0.250. The quantitative estimate of drug-likeness (QED) is 0.683. The molecule has 0 atom stereocenters. The van der Waals surface area contributed by atoms with Crippen LogP contribution in [0.1, 0.15) is 5.56 Å². The molecule has 2 N–H and O–H groups in total. The predicted molar refractivity (Wildman–Crippen MR) is 73.6 cm³/mol. The molecule has 0 bridgehead atoms. The second kappa shape index (κ2) is 5.47. The van der Waals surface area contributed by atoms with Crippen molar-refractivity contribution in [3.8, 4) is 0 Å². The lowest BCUT2D eigenvalue weighted by Gasteiger charge is -2.05. The summed E-state index contributed by atoms with van der Waals surface area (Å²) in [5.74, 6) is 0.937. The minimum Gasteiger partial charge on any atom is -0.398 e. The van der Waals surface area contributed by atoms with Crippen LogP contribution in [-0.4, -0.2) is 15.5 Å². The van der Waals surface area contributed by atoms with Gasteiger partial charge in [-0.3, -0.25) is 4.68 Å². The normalized spacial score (nSPS) is 10.7. The highest BCUT2D eigenvalue weighted by Gasteiger charge is 2.01. The second-order valence-electron chi connectivity index (χ2n) is 3.81. The van der Waals surface area contributed by atoms with Crippen LogP contribution in [0.4, 0.5) is 5.69 Å². The molecular formula is C12H14ClN3S. The van der Waals surface area contributed by atoms with Crippen LogP contribution in [0.2, 0.25) is 5.02 Å². The first kappa shape index (κ1) is 12.3. The number of hydrogen-bond acceptors (Lipinski definition) is 3. The van der Waals surface area contributed by atoms with Gasteiger partial charge in [-0.1, -0.05) is 11.6 Å². The molecule has 0 unspecified atom stereocenters. The molecule has 2 rings (SSSR count). The number of benzene rings is 1. The molecule has 0 aliphatic carbocycles. The van der Waals surface area contributed by atoms with E-state index in [1.807, 2.05) is 36.1 Å². The van der Waals surface area contributed by atoms with E-state index in [1.165, 1.54) is 5.56 Å². The third-order valence-electron chi connectivity index (χ3n) is 2.31. The number of anilines is 1. The van der Waals surface area contributed by atoms with Gasteiger partial charge in [-0.05, 0) is 30.7 Å². The largest absolute Gasteiger partial charge is 0.398 e. The molecule has 0 aliphatic heterocycles. The van der Waals surface area contributed by atoms with E-state index < -0.39 is 0 Å². The van der Waals surface area contributed by atoms with Crippen LogP contribution in [0.5, 0.6) is 0 Å². The van der Waals surface area contributed by atoms with Crippen LogP contribution >= 0.6 is 23.4 Å². The van der Waals surface area contributed by atoms with E-state index >= 15 is 0 Å². The van der Waals surface area contributed by atoms with Crippen molar-refractivity contribution in [3.63, 3.8) is 0 Å². The first-order chi connectivity index (χ1) is 8.15. The summed E-state index contributed by atoms with van der Waals surface area (Å²) in [6.45, 7) is 2.91. The molecule has 17 heavy (non-hydrogen) atoms. The van der Waals surface area contributed by atoms with E-state index in [0.29, 0.717) is 5.02 Å². The SMILES string of the molecule is Cc1cnn(CCSc2ccc(Cl)cc2N)c1. The molecule has 0 amide bonds. The fourth-order valence-corrected chi connectivity index (χ4v) is 2.56. The van der Waals surface area contributed by atoms with Gasteiger partial charge in [0.05, 0.1) is 12.7 Å². The number of aryl methyl sites for hydroxylation is 2. The van der Waals surface area contributed by atoms with Gasteiger partial charge in [-0.25, -0.2) is 0 Å². The lowest BCUT2D eigenvalue weighted by molar-refractivity contribution is 0.666. The zero-order valence-corrected chi connectivity index (χ0v) is 11.1. The van der Waals surface area contributed by atoms with Gasteiger partial charge >= 0.3 is 0 Å². The van der Waals surface area contributed by atoms with Gasteiger partial charge < -0.3 is 5.73 Å². The van der Waals surface area contributed by atoms with Crippen LogP contribution in [0.25, 0.3) is 0 Å². The molecule has 1 aromatic heterocycles. The topological polar surface area (TPSA) is 43.8 Å². The summed E-state index contributed by atoms with van der Waals surface area (Å²) in [6.07, 6.45) is 3.90. The zero-order valence-electron chi connectivity index (χ0n) is 9.56. The summed E-state index contributed by atoms with van der Waals surface area (Å²) in [4.78, 5) is 1.07. The van der Waals surface area contributed by atoms with Gasteiger partial charge in [0.25, 0.3) is 0 Å². The summed E-state index contributed by atoms with van der Waals surface area (Å²) in [7, 11) is 0. The summed E-state index contributed by atoms with van der Waals surface area (Å²) in [5, 5.41) is 4.91. The molecule has 0 aliphatic rings. The molecular weight excluding hydrogens is 254 g/mol. The number of nitrogen functional groups attached to an aromatic ring is 1. The van der Waals surface area contributed by atoms with E-state index in [4.69, 9.17) is 17.3 Å². The lowest BCUT2D eigenvalue weighted by Crippen LogP contribution is -2.00. The molecule has 90 valence electrons. The number of aromatic nitrogens is 2. The summed E-state index contributed by atoms with van der Waals surface area (Å²) in [6, 6.07) is 5.59. The van der Waals surface area contributed by atoms with Crippen LogP contribution in [0, 0.1) is 6.92 Å². The third kappa shape index (κ3) is 3.41. The average molecular weight is 268 g/mol. The van der Waals surface area contributed by atoms with Crippen LogP contribution < -0.4 is 5.73 Å². The van der Waals surface area contributed by atoms with Gasteiger partial charge in [0.1, 0.15) is 0 Å². The van der Waals surface area contributed by atoms with E-state index in [1.54, 1.807) is 17.8 Å². The summed E-state index contributed by atoms with van der Waals surface area (Å²) >= 11 is 7.56. The van der Waals surface area contributed by atoms with Crippen LogP contribution in [0.3, 0.4) is 0 Å². The van der Waals surface area contributed by atoms with Gasteiger partial charge in [0.2, 0.25) is 0 Å². The van der Waals surface area contributed by atoms with Gasteiger partial charge in [-0.2, -0.15) is 5.10 Å². The Kier molecular flexibility index (Phi) is 3.97. The van der Waals surface area contributed by atoms with Crippen molar-refractivity contribution < 1.29 is 0 Å². The van der Waals surface area contributed by atoms with Crippen LogP contribution in [-0.2, 0) is 6.54 Å². The summed E-state index contributed by atoms with van der Waals surface area (Å²) < 4.78 is 1.94. The fourth-order valence-electron chi connectivity index (χ4n) is 1.49. The molecule has 0 fully saturated rings. The number of hydrogen-bond donors (Lipinski definition) is 1. The second-order valence-corrected chi connectivity index (χ2v) is 5.38. The zero-order chi connectivity index (χ0) is 12.3. The Balaban J connectivity index is 1.90. The number of nitrogens with two attached hydrogens (primary N) is 1. The first-order valence-corrected chi connectivity index (χ1v) is 6.68. The van der Waals surface area contributed by atoms with E-state index in [0.717, 1.165) is 22.9 Å². The van der Waals surface area contributed by atoms with Crippen LogP contribution in [0.15, 0.2) is 35.5 Å². The number of thioether (sulfide) groups is 1. The standard InChI is InChI=1S/C12H14ClN3S/c1-9-7-15-16(8-9)4-5-17-12-3-2-10(13)6-11(12)14/h2-3,6-8H,4-5,14H2,1H3. The minimum absolute atomic E-state index is 0.676. The van der Waals surface area contributed by atoms with Crippen molar-refractivity contribution in [2.24, 2.45) is 0 Å². The molecule has 0 spiro atoms. The highest BCUT2D eigenvalue weighted by molar-refractivity contribution is 7.99. The van der Waals surface area contributed by atoms with Crippen molar-refractivity contribution in [1.82, 2.24) is 9.78 Å². The Morgan fingerprint density at radius 2 is 2.29 bits per heavy atom. The van der Waals surface area contributed by atoms with E-state index in [2.05, 4.69) is 5.10 Å². The molecule has 5 heteroatoms. The molecule has 2 aromatic rings. The van der Waals surface area contributed by atoms with E-state index in [9.17, 15) is 0 Å².